The van der Waals surface area contributed by atoms with Crippen molar-refractivity contribution in [2.24, 2.45) is 0 Å². The molecule has 0 aromatic carbocycles. The van der Waals surface area contributed by atoms with Crippen LogP contribution in [0.25, 0.3) is 0 Å². The average Bonchev–Trinajstić information content (AvgIpc) is 2.24. The lowest BCUT2D eigenvalue weighted by atomic mass is 10.1. The molecule has 0 fully saturated rings. The summed E-state index contributed by atoms with van der Waals surface area (Å²) in [6, 6.07) is 1.05. The Kier molecular flexibility index (Phi) is 12.9. The predicted molar refractivity (Wildman–Crippen MR) is 85.0 cm³/mol. The molecule has 0 saturated carbocycles. The standard InChI is InChI=1S/C13H27Cl3Si/c1-17(15,16)13-11-9-7-5-3-2-4-6-8-10-12-14/h2-13H2,1H3. The molecule has 0 unspecified atom stereocenters. The Labute approximate surface area is 123 Å². The van der Waals surface area contributed by atoms with Gasteiger partial charge in [0.1, 0.15) is 0 Å². The van der Waals surface area contributed by atoms with E-state index in [4.69, 9.17) is 33.8 Å². The fraction of sp³-hybridized carbons (Fsp3) is 1.00. The van der Waals surface area contributed by atoms with Gasteiger partial charge in [0.2, 0.25) is 6.69 Å². The highest BCUT2D eigenvalue weighted by molar-refractivity contribution is 7.44. The highest BCUT2D eigenvalue weighted by Gasteiger charge is 2.19. The number of alkyl halides is 1. The van der Waals surface area contributed by atoms with Gasteiger partial charge in [-0.25, -0.2) is 0 Å². The zero-order chi connectivity index (χ0) is 13.0. The first kappa shape index (κ1) is 18.1. The molecule has 0 saturated heterocycles. The largest absolute Gasteiger partial charge is 0.248 e. The Morgan fingerprint density at radius 1 is 0.647 bits per heavy atom. The summed E-state index contributed by atoms with van der Waals surface area (Å²) in [4.78, 5) is 0. The summed E-state index contributed by atoms with van der Waals surface area (Å²) in [7, 11) is 0. The zero-order valence-electron chi connectivity index (χ0n) is 11.1. The van der Waals surface area contributed by atoms with Crippen molar-refractivity contribution in [2.75, 3.05) is 5.88 Å². The second kappa shape index (κ2) is 12.1. The van der Waals surface area contributed by atoms with Crippen molar-refractivity contribution in [3.05, 3.63) is 0 Å². The van der Waals surface area contributed by atoms with Crippen LogP contribution in [-0.2, 0) is 0 Å². The van der Waals surface area contributed by atoms with E-state index < -0.39 is 6.69 Å². The molecular formula is C13H27Cl3Si. The van der Waals surface area contributed by atoms with E-state index in [1.165, 1.54) is 64.2 Å². The van der Waals surface area contributed by atoms with Gasteiger partial charge in [-0.1, -0.05) is 57.8 Å². The minimum absolute atomic E-state index is 0.823. The Hall–Kier alpha value is 1.09. The lowest BCUT2D eigenvalue weighted by molar-refractivity contribution is 0.562. The van der Waals surface area contributed by atoms with Gasteiger partial charge in [-0.05, 0) is 19.0 Å². The number of hydrogen-bond acceptors (Lipinski definition) is 0. The monoisotopic (exact) mass is 316 g/mol. The molecular weight excluding hydrogens is 291 g/mol. The maximum Gasteiger partial charge on any atom is 0.248 e. The molecule has 17 heavy (non-hydrogen) atoms. The molecule has 0 aromatic heterocycles. The molecule has 4 heteroatoms. The average molecular weight is 318 g/mol. The van der Waals surface area contributed by atoms with E-state index in [1.807, 2.05) is 6.55 Å². The normalized spacial score (nSPS) is 12.0. The molecule has 0 bridgehead atoms. The summed E-state index contributed by atoms with van der Waals surface area (Å²) in [6.45, 7) is 0.193. The first-order chi connectivity index (χ1) is 8.06. The van der Waals surface area contributed by atoms with E-state index in [-0.39, 0.29) is 0 Å². The van der Waals surface area contributed by atoms with Gasteiger partial charge in [-0.2, -0.15) is 0 Å². The van der Waals surface area contributed by atoms with Gasteiger partial charge in [0, 0.05) is 5.88 Å². The van der Waals surface area contributed by atoms with Crippen LogP contribution in [0.15, 0.2) is 0 Å². The van der Waals surface area contributed by atoms with Crippen LogP contribution in [-0.4, -0.2) is 12.6 Å². The lowest BCUT2D eigenvalue weighted by Gasteiger charge is -2.09. The van der Waals surface area contributed by atoms with Gasteiger partial charge in [0.15, 0.2) is 0 Å². The Bertz CT molecular complexity index is 157. The van der Waals surface area contributed by atoms with E-state index in [2.05, 4.69) is 0 Å². The Balaban J connectivity index is 2.99. The van der Waals surface area contributed by atoms with Crippen molar-refractivity contribution in [2.45, 2.75) is 76.8 Å². The molecule has 0 N–H and O–H groups in total. The molecule has 0 atom stereocenters. The predicted octanol–water partition coefficient (Wildman–Crippen LogP) is 6.68. The molecule has 0 aliphatic heterocycles. The second-order valence-corrected chi connectivity index (χ2v) is 13.6. The summed E-state index contributed by atoms with van der Waals surface area (Å²) in [6.07, 6.45) is 13.2. The van der Waals surface area contributed by atoms with E-state index in [9.17, 15) is 0 Å². The smallest absolute Gasteiger partial charge is 0.146 e. The molecule has 0 aromatic rings. The van der Waals surface area contributed by atoms with Gasteiger partial charge in [0.25, 0.3) is 0 Å². The van der Waals surface area contributed by atoms with E-state index in [0.717, 1.165) is 11.9 Å². The number of rotatable bonds is 12. The Morgan fingerprint density at radius 2 is 1.00 bits per heavy atom. The number of hydrogen-bond donors (Lipinski definition) is 0. The van der Waals surface area contributed by atoms with E-state index in [0.29, 0.717) is 0 Å². The zero-order valence-corrected chi connectivity index (χ0v) is 14.4. The minimum atomic E-state index is -1.82. The third-order valence-corrected chi connectivity index (χ3v) is 5.63. The summed E-state index contributed by atoms with van der Waals surface area (Å²) in [5.41, 5.74) is 0. The van der Waals surface area contributed by atoms with Crippen LogP contribution in [0.2, 0.25) is 12.6 Å². The molecule has 0 radical (unpaired) electrons. The van der Waals surface area contributed by atoms with Gasteiger partial charge in [-0.15, -0.1) is 33.8 Å². The van der Waals surface area contributed by atoms with Crippen molar-refractivity contribution in [3.8, 4) is 0 Å². The van der Waals surface area contributed by atoms with E-state index >= 15 is 0 Å². The van der Waals surface area contributed by atoms with Gasteiger partial charge in [0.05, 0.1) is 0 Å². The molecule has 104 valence electrons. The lowest BCUT2D eigenvalue weighted by Crippen LogP contribution is -2.11. The number of unbranched alkanes of at least 4 members (excludes halogenated alkanes) is 9. The quantitative estimate of drug-likeness (QED) is 0.163. The molecule has 0 amide bonds. The highest BCUT2D eigenvalue weighted by Crippen LogP contribution is 2.23. The molecule has 0 rings (SSSR count). The van der Waals surface area contributed by atoms with Crippen LogP contribution < -0.4 is 0 Å². The van der Waals surface area contributed by atoms with Gasteiger partial charge < -0.3 is 0 Å². The van der Waals surface area contributed by atoms with Crippen LogP contribution in [0.3, 0.4) is 0 Å². The molecule has 0 heterocycles. The minimum Gasteiger partial charge on any atom is -0.146 e. The number of halogens is 3. The first-order valence-corrected chi connectivity index (χ1v) is 12.3. The first-order valence-electron chi connectivity index (χ1n) is 7.00. The van der Waals surface area contributed by atoms with Crippen molar-refractivity contribution in [1.29, 1.82) is 0 Å². The van der Waals surface area contributed by atoms with Gasteiger partial charge >= 0.3 is 0 Å². The SMILES string of the molecule is C[Si](Cl)(Cl)CCCCCCCCCCCCCl. The molecule has 0 aliphatic carbocycles. The topological polar surface area (TPSA) is 0 Å². The summed E-state index contributed by atoms with van der Waals surface area (Å²) in [5.74, 6) is 0.823. The van der Waals surface area contributed by atoms with Crippen LogP contribution in [0.5, 0.6) is 0 Å². The third kappa shape index (κ3) is 17.1. The van der Waals surface area contributed by atoms with Crippen LogP contribution >= 0.6 is 33.8 Å². The van der Waals surface area contributed by atoms with Gasteiger partial charge in [-0.3, -0.25) is 0 Å². The third-order valence-electron chi connectivity index (χ3n) is 3.00. The van der Waals surface area contributed by atoms with E-state index in [1.54, 1.807) is 0 Å². The van der Waals surface area contributed by atoms with Crippen LogP contribution in [0.1, 0.15) is 64.2 Å². The van der Waals surface area contributed by atoms with Crippen molar-refractivity contribution < 1.29 is 0 Å². The van der Waals surface area contributed by atoms with Crippen molar-refractivity contribution in [3.63, 3.8) is 0 Å². The summed E-state index contributed by atoms with van der Waals surface area (Å²) < 4.78 is 0. The van der Waals surface area contributed by atoms with Crippen LogP contribution in [0.4, 0.5) is 0 Å². The maximum absolute atomic E-state index is 6.05. The highest BCUT2D eigenvalue weighted by atomic mass is 35.7. The summed E-state index contributed by atoms with van der Waals surface area (Å²) in [5, 5.41) is 0. The molecule has 0 nitrogen and oxygen atoms in total. The second-order valence-electron chi connectivity index (χ2n) is 5.04. The maximum atomic E-state index is 6.05. The Morgan fingerprint density at radius 3 is 1.35 bits per heavy atom. The van der Waals surface area contributed by atoms with Crippen LogP contribution in [0, 0.1) is 0 Å². The van der Waals surface area contributed by atoms with Crippen molar-refractivity contribution in [1.82, 2.24) is 0 Å². The summed E-state index contributed by atoms with van der Waals surface area (Å²) >= 11 is 17.7. The fourth-order valence-corrected chi connectivity index (χ4v) is 3.81. The van der Waals surface area contributed by atoms with Crippen molar-refractivity contribution >= 4 is 40.5 Å². The fourth-order valence-electron chi connectivity index (χ4n) is 1.94. The molecule has 0 aliphatic rings. The molecule has 0 spiro atoms.